The molecular formula is C18H16F2N4OS. The van der Waals surface area contributed by atoms with Crippen LogP contribution in [0.2, 0.25) is 0 Å². The molecule has 0 spiro atoms. The average Bonchev–Trinajstić information content (AvgIpc) is 3.04. The summed E-state index contributed by atoms with van der Waals surface area (Å²) in [6.45, 7) is 4.00. The first kappa shape index (κ1) is 18.1. The zero-order valence-electron chi connectivity index (χ0n) is 14.2. The summed E-state index contributed by atoms with van der Waals surface area (Å²) in [6, 6.07) is 8.99. The van der Waals surface area contributed by atoms with Crippen molar-refractivity contribution in [1.29, 1.82) is 0 Å². The summed E-state index contributed by atoms with van der Waals surface area (Å²) in [5.74, 6) is -1.92. The van der Waals surface area contributed by atoms with Crippen LogP contribution in [0.1, 0.15) is 11.1 Å². The van der Waals surface area contributed by atoms with E-state index in [0.717, 1.165) is 28.9 Å². The number of halogens is 2. The van der Waals surface area contributed by atoms with E-state index in [4.69, 9.17) is 0 Å². The zero-order valence-corrected chi connectivity index (χ0v) is 15.0. The summed E-state index contributed by atoms with van der Waals surface area (Å²) in [7, 11) is 0. The van der Waals surface area contributed by atoms with Crippen LogP contribution in [0, 0.1) is 25.5 Å². The molecule has 3 rings (SSSR count). The minimum Gasteiger partial charge on any atom is -0.323 e. The summed E-state index contributed by atoms with van der Waals surface area (Å²) in [6.07, 6.45) is 1.58. The van der Waals surface area contributed by atoms with Crippen molar-refractivity contribution in [3.8, 4) is 5.69 Å². The molecule has 8 heteroatoms. The van der Waals surface area contributed by atoms with E-state index in [1.165, 1.54) is 17.8 Å². The molecular weight excluding hydrogens is 358 g/mol. The number of benzene rings is 2. The Balaban J connectivity index is 1.69. The molecule has 1 N–H and O–H groups in total. The van der Waals surface area contributed by atoms with Crippen LogP contribution in [0.3, 0.4) is 0 Å². The number of anilines is 1. The number of nitrogens with zero attached hydrogens (tertiary/aromatic N) is 3. The third-order valence-corrected chi connectivity index (χ3v) is 4.61. The lowest BCUT2D eigenvalue weighted by Gasteiger charge is -2.10. The van der Waals surface area contributed by atoms with Crippen LogP contribution in [0.4, 0.5) is 14.5 Å². The van der Waals surface area contributed by atoms with Gasteiger partial charge >= 0.3 is 0 Å². The molecule has 0 atom stereocenters. The van der Waals surface area contributed by atoms with Crippen LogP contribution in [0.15, 0.2) is 47.9 Å². The van der Waals surface area contributed by atoms with Crippen molar-refractivity contribution in [2.45, 2.75) is 19.0 Å². The highest BCUT2D eigenvalue weighted by molar-refractivity contribution is 7.99. The van der Waals surface area contributed by atoms with Gasteiger partial charge in [0.1, 0.15) is 18.0 Å². The molecule has 0 fully saturated rings. The van der Waals surface area contributed by atoms with E-state index >= 15 is 0 Å². The van der Waals surface area contributed by atoms with Crippen molar-refractivity contribution in [2.75, 3.05) is 11.1 Å². The zero-order chi connectivity index (χ0) is 18.7. The van der Waals surface area contributed by atoms with Gasteiger partial charge in [-0.2, -0.15) is 0 Å². The predicted molar refractivity (Wildman–Crippen MR) is 96.5 cm³/mol. The molecule has 134 valence electrons. The second kappa shape index (κ2) is 7.65. The first-order valence-electron chi connectivity index (χ1n) is 7.79. The Bertz CT molecular complexity index is 958. The van der Waals surface area contributed by atoms with Gasteiger partial charge in [0.15, 0.2) is 5.16 Å². The maximum Gasteiger partial charge on any atom is 0.234 e. The summed E-state index contributed by atoms with van der Waals surface area (Å²) in [5, 5.41) is 10.9. The van der Waals surface area contributed by atoms with Gasteiger partial charge in [0.2, 0.25) is 5.91 Å². The van der Waals surface area contributed by atoms with Gasteiger partial charge in [0, 0.05) is 6.07 Å². The van der Waals surface area contributed by atoms with Gasteiger partial charge < -0.3 is 5.32 Å². The standard InChI is InChI=1S/C18H16F2N4OS/c1-11-3-6-16(12(2)7-11)24-10-21-23-18(24)26-9-17(25)22-15-5-4-13(19)8-14(15)20/h3-8,10H,9H2,1-2H3,(H,22,25). The Hall–Kier alpha value is -2.74. The van der Waals surface area contributed by atoms with Crippen LogP contribution in [-0.4, -0.2) is 26.4 Å². The highest BCUT2D eigenvalue weighted by Crippen LogP contribution is 2.23. The number of hydrogen-bond acceptors (Lipinski definition) is 4. The van der Waals surface area contributed by atoms with Crippen molar-refractivity contribution in [3.05, 3.63) is 65.5 Å². The van der Waals surface area contributed by atoms with Crippen molar-refractivity contribution >= 4 is 23.4 Å². The summed E-state index contributed by atoms with van der Waals surface area (Å²) >= 11 is 1.18. The number of nitrogens with one attached hydrogen (secondary N) is 1. The van der Waals surface area contributed by atoms with Crippen LogP contribution in [-0.2, 0) is 4.79 Å². The molecule has 0 bridgehead atoms. The molecule has 5 nitrogen and oxygen atoms in total. The van der Waals surface area contributed by atoms with Gasteiger partial charge in [-0.1, -0.05) is 29.5 Å². The number of carbonyl (C=O) groups is 1. The molecule has 2 aromatic carbocycles. The first-order valence-corrected chi connectivity index (χ1v) is 8.78. The highest BCUT2D eigenvalue weighted by Gasteiger charge is 2.13. The Morgan fingerprint density at radius 2 is 2.00 bits per heavy atom. The van der Waals surface area contributed by atoms with Crippen molar-refractivity contribution in [3.63, 3.8) is 0 Å². The normalized spacial score (nSPS) is 10.8. The molecule has 0 aliphatic carbocycles. The van der Waals surface area contributed by atoms with E-state index < -0.39 is 17.5 Å². The summed E-state index contributed by atoms with van der Waals surface area (Å²) in [5.41, 5.74) is 3.07. The minimum atomic E-state index is -0.818. The average molecular weight is 374 g/mol. The molecule has 0 saturated carbocycles. The van der Waals surface area contributed by atoms with Gasteiger partial charge in [0.25, 0.3) is 0 Å². The van der Waals surface area contributed by atoms with E-state index in [0.29, 0.717) is 5.16 Å². The lowest BCUT2D eigenvalue weighted by atomic mass is 10.1. The second-order valence-electron chi connectivity index (χ2n) is 5.73. The van der Waals surface area contributed by atoms with Gasteiger partial charge in [-0.25, -0.2) is 8.78 Å². The SMILES string of the molecule is Cc1ccc(-n2cnnc2SCC(=O)Nc2ccc(F)cc2F)c(C)c1. The topological polar surface area (TPSA) is 59.8 Å². The fraction of sp³-hybridized carbons (Fsp3) is 0.167. The third-order valence-electron chi connectivity index (χ3n) is 3.67. The van der Waals surface area contributed by atoms with Crippen molar-refractivity contribution in [1.82, 2.24) is 14.8 Å². The van der Waals surface area contributed by atoms with Gasteiger partial charge in [0.05, 0.1) is 17.1 Å². The number of rotatable bonds is 5. The van der Waals surface area contributed by atoms with Crippen LogP contribution >= 0.6 is 11.8 Å². The number of amides is 1. The Morgan fingerprint density at radius 1 is 1.19 bits per heavy atom. The monoisotopic (exact) mass is 374 g/mol. The van der Waals surface area contributed by atoms with Crippen molar-refractivity contribution in [2.24, 2.45) is 0 Å². The van der Waals surface area contributed by atoms with Gasteiger partial charge in [-0.15, -0.1) is 10.2 Å². The Kier molecular flexibility index (Phi) is 5.32. The predicted octanol–water partition coefficient (Wildman–Crippen LogP) is 3.89. The van der Waals surface area contributed by atoms with Crippen molar-refractivity contribution < 1.29 is 13.6 Å². The molecule has 1 heterocycles. The highest BCUT2D eigenvalue weighted by atomic mass is 32.2. The van der Waals surface area contributed by atoms with E-state index in [1.807, 2.05) is 32.0 Å². The van der Waals surface area contributed by atoms with Gasteiger partial charge in [-0.3, -0.25) is 9.36 Å². The molecule has 1 aromatic heterocycles. The van der Waals surface area contributed by atoms with E-state index in [-0.39, 0.29) is 11.4 Å². The number of carbonyl (C=O) groups excluding carboxylic acids is 1. The second-order valence-corrected chi connectivity index (χ2v) is 6.68. The fourth-order valence-corrected chi connectivity index (χ4v) is 3.19. The molecule has 3 aromatic rings. The van der Waals surface area contributed by atoms with Crippen LogP contribution < -0.4 is 5.32 Å². The smallest absolute Gasteiger partial charge is 0.234 e. The third kappa shape index (κ3) is 4.08. The molecule has 26 heavy (non-hydrogen) atoms. The minimum absolute atomic E-state index is 0.0143. The van der Waals surface area contributed by atoms with E-state index in [1.54, 1.807) is 10.9 Å². The quantitative estimate of drug-likeness (QED) is 0.688. The lowest BCUT2D eigenvalue weighted by molar-refractivity contribution is -0.113. The molecule has 1 amide bonds. The fourth-order valence-electron chi connectivity index (χ4n) is 2.47. The largest absolute Gasteiger partial charge is 0.323 e. The molecule has 0 aliphatic heterocycles. The maximum atomic E-state index is 13.6. The molecule has 0 aliphatic rings. The number of aryl methyl sites for hydroxylation is 2. The Morgan fingerprint density at radius 3 is 2.73 bits per heavy atom. The first-order chi connectivity index (χ1) is 12.4. The number of aromatic nitrogens is 3. The van der Waals surface area contributed by atoms with Crippen LogP contribution in [0.5, 0.6) is 0 Å². The van der Waals surface area contributed by atoms with Crippen LogP contribution in [0.25, 0.3) is 5.69 Å². The summed E-state index contributed by atoms with van der Waals surface area (Å²) < 4.78 is 28.3. The lowest BCUT2D eigenvalue weighted by Crippen LogP contribution is -2.15. The van der Waals surface area contributed by atoms with E-state index in [9.17, 15) is 13.6 Å². The van der Waals surface area contributed by atoms with E-state index in [2.05, 4.69) is 15.5 Å². The summed E-state index contributed by atoms with van der Waals surface area (Å²) in [4.78, 5) is 12.1. The molecule has 0 saturated heterocycles. The van der Waals surface area contributed by atoms with Gasteiger partial charge in [-0.05, 0) is 37.6 Å². The Labute approximate surface area is 153 Å². The molecule has 0 unspecified atom stereocenters. The maximum absolute atomic E-state index is 13.6. The molecule has 0 radical (unpaired) electrons. The number of hydrogen-bond donors (Lipinski definition) is 1. The number of thioether (sulfide) groups is 1.